The highest BCUT2D eigenvalue weighted by atomic mass is 28.3. The molecule has 0 unspecified atom stereocenters. The fourth-order valence-electron chi connectivity index (χ4n) is 1.52. The van der Waals surface area contributed by atoms with Gasteiger partial charge in [0.15, 0.2) is 0 Å². The van der Waals surface area contributed by atoms with Crippen LogP contribution in [-0.4, -0.2) is 21.2 Å². The largest absolute Gasteiger partial charge is 0.469 e. The summed E-state index contributed by atoms with van der Waals surface area (Å²) in [5.41, 5.74) is 1.20. The van der Waals surface area contributed by atoms with E-state index >= 15 is 0 Å². The zero-order valence-electron chi connectivity index (χ0n) is 10.5. The normalized spacial score (nSPS) is 11.2. The van der Waals surface area contributed by atoms with E-state index in [0.717, 1.165) is 6.42 Å². The third-order valence-electron chi connectivity index (χ3n) is 2.67. The van der Waals surface area contributed by atoms with Crippen molar-refractivity contribution in [1.29, 1.82) is 0 Å². The number of hydrogen-bond donors (Lipinski definition) is 0. The minimum Gasteiger partial charge on any atom is -0.469 e. The van der Waals surface area contributed by atoms with E-state index in [0.29, 0.717) is 6.42 Å². The molecule has 0 spiro atoms. The number of carbonyl (C=O) groups excluding carboxylic acids is 1. The van der Waals surface area contributed by atoms with Gasteiger partial charge >= 0.3 is 5.97 Å². The molecule has 0 saturated carbocycles. The first kappa shape index (κ1) is 13.0. The molecule has 16 heavy (non-hydrogen) atoms. The molecule has 0 aliphatic rings. The molecule has 0 aliphatic heterocycles. The molecule has 0 atom stereocenters. The quantitative estimate of drug-likeness (QED) is 0.592. The number of esters is 1. The topological polar surface area (TPSA) is 26.3 Å². The van der Waals surface area contributed by atoms with Crippen LogP contribution in [0.15, 0.2) is 24.3 Å². The van der Waals surface area contributed by atoms with E-state index in [4.69, 9.17) is 0 Å². The van der Waals surface area contributed by atoms with Crippen molar-refractivity contribution in [2.75, 3.05) is 7.11 Å². The molecule has 0 N–H and O–H groups in total. The molecule has 0 aromatic heterocycles. The monoisotopic (exact) mass is 236 g/mol. The molecule has 0 bridgehead atoms. The second-order valence-corrected chi connectivity index (χ2v) is 10.1. The van der Waals surface area contributed by atoms with Gasteiger partial charge in [0.1, 0.15) is 0 Å². The highest BCUT2D eigenvalue weighted by molar-refractivity contribution is 6.88. The van der Waals surface area contributed by atoms with E-state index in [1.165, 1.54) is 17.9 Å². The van der Waals surface area contributed by atoms with Gasteiger partial charge in [0, 0.05) is 6.42 Å². The van der Waals surface area contributed by atoms with Crippen LogP contribution in [0.4, 0.5) is 0 Å². The summed E-state index contributed by atoms with van der Waals surface area (Å²) in [6.07, 6.45) is 1.22. The van der Waals surface area contributed by atoms with Crippen molar-refractivity contribution in [2.45, 2.75) is 32.5 Å². The number of rotatable bonds is 4. The number of ether oxygens (including phenoxy) is 1. The lowest BCUT2D eigenvalue weighted by atomic mass is 10.1. The number of hydrogen-bond acceptors (Lipinski definition) is 2. The minimum atomic E-state index is -1.20. The SMILES string of the molecule is COC(=O)CCc1ccc([Si](C)(C)C)cc1. The Balaban J connectivity index is 2.62. The van der Waals surface area contributed by atoms with Gasteiger partial charge in [-0.2, -0.15) is 0 Å². The summed E-state index contributed by atoms with van der Waals surface area (Å²) < 4.78 is 4.62. The summed E-state index contributed by atoms with van der Waals surface area (Å²) in [7, 11) is 0.228. The Hall–Kier alpha value is -1.09. The number of methoxy groups -OCH3 is 1. The molecule has 1 rings (SSSR count). The number of carbonyl (C=O) groups is 1. The average Bonchev–Trinajstić information content (AvgIpc) is 2.25. The van der Waals surface area contributed by atoms with E-state index < -0.39 is 8.07 Å². The van der Waals surface area contributed by atoms with Crippen molar-refractivity contribution in [3.05, 3.63) is 29.8 Å². The molecule has 0 fully saturated rings. The molecule has 88 valence electrons. The van der Waals surface area contributed by atoms with Gasteiger partial charge in [-0.05, 0) is 12.0 Å². The molecule has 2 nitrogen and oxygen atoms in total. The third kappa shape index (κ3) is 3.81. The Morgan fingerprint density at radius 3 is 2.19 bits per heavy atom. The van der Waals surface area contributed by atoms with Crippen LogP contribution >= 0.6 is 0 Å². The molecule has 0 saturated heterocycles. The maximum absolute atomic E-state index is 11.0. The van der Waals surface area contributed by atoms with Gasteiger partial charge in [-0.1, -0.05) is 49.1 Å². The van der Waals surface area contributed by atoms with Crippen LogP contribution in [0, 0.1) is 0 Å². The first-order valence-electron chi connectivity index (χ1n) is 5.59. The van der Waals surface area contributed by atoms with Gasteiger partial charge < -0.3 is 4.74 Å². The Morgan fingerprint density at radius 1 is 1.19 bits per heavy atom. The van der Waals surface area contributed by atoms with E-state index in [9.17, 15) is 4.79 Å². The first-order chi connectivity index (χ1) is 7.43. The van der Waals surface area contributed by atoms with E-state index in [1.54, 1.807) is 0 Å². The van der Waals surface area contributed by atoms with E-state index in [1.807, 2.05) is 0 Å². The predicted octanol–water partition coefficient (Wildman–Crippen LogP) is 2.34. The molecular weight excluding hydrogens is 216 g/mol. The number of aryl methyl sites for hydroxylation is 1. The van der Waals surface area contributed by atoms with Crippen molar-refractivity contribution >= 4 is 19.2 Å². The summed E-state index contributed by atoms with van der Waals surface area (Å²) >= 11 is 0. The maximum atomic E-state index is 11.0. The van der Waals surface area contributed by atoms with Gasteiger partial charge in [-0.15, -0.1) is 0 Å². The van der Waals surface area contributed by atoms with Crippen LogP contribution in [0.2, 0.25) is 19.6 Å². The molecular formula is C13H20O2Si. The molecule has 0 amide bonds. The van der Waals surface area contributed by atoms with Crippen LogP contribution in [0.25, 0.3) is 0 Å². The maximum Gasteiger partial charge on any atom is 0.305 e. The lowest BCUT2D eigenvalue weighted by Crippen LogP contribution is -2.37. The highest BCUT2D eigenvalue weighted by Crippen LogP contribution is 2.06. The van der Waals surface area contributed by atoms with Crippen LogP contribution in [0.1, 0.15) is 12.0 Å². The summed E-state index contributed by atoms with van der Waals surface area (Å²) in [5.74, 6) is -0.144. The number of benzene rings is 1. The fraction of sp³-hybridized carbons (Fsp3) is 0.462. The predicted molar refractivity (Wildman–Crippen MR) is 69.8 cm³/mol. The summed E-state index contributed by atoms with van der Waals surface area (Å²) in [4.78, 5) is 11.0. The molecule has 1 aromatic carbocycles. The molecule has 0 radical (unpaired) electrons. The van der Waals surface area contributed by atoms with Crippen LogP contribution in [0.5, 0.6) is 0 Å². The lowest BCUT2D eigenvalue weighted by Gasteiger charge is -2.16. The summed E-state index contributed by atoms with van der Waals surface area (Å²) in [5, 5.41) is 1.45. The Kier molecular flexibility index (Phi) is 4.30. The summed E-state index contributed by atoms with van der Waals surface area (Å²) in [6.45, 7) is 6.99. The zero-order chi connectivity index (χ0) is 12.2. The van der Waals surface area contributed by atoms with E-state index in [-0.39, 0.29) is 5.97 Å². The van der Waals surface area contributed by atoms with Crippen molar-refractivity contribution in [1.82, 2.24) is 0 Å². The van der Waals surface area contributed by atoms with Crippen LogP contribution < -0.4 is 5.19 Å². The fourth-order valence-corrected chi connectivity index (χ4v) is 2.69. The molecule has 1 aromatic rings. The second-order valence-electron chi connectivity index (χ2n) is 5.02. The van der Waals surface area contributed by atoms with Crippen molar-refractivity contribution in [3.63, 3.8) is 0 Å². The Bertz CT molecular complexity index is 349. The molecule has 3 heteroatoms. The second kappa shape index (κ2) is 5.30. The highest BCUT2D eigenvalue weighted by Gasteiger charge is 2.15. The minimum absolute atomic E-state index is 0.144. The average molecular weight is 236 g/mol. The van der Waals surface area contributed by atoms with Crippen LogP contribution in [0.3, 0.4) is 0 Å². The zero-order valence-corrected chi connectivity index (χ0v) is 11.5. The molecule has 0 heterocycles. The van der Waals surface area contributed by atoms with Crippen molar-refractivity contribution in [2.24, 2.45) is 0 Å². The summed E-state index contributed by atoms with van der Waals surface area (Å²) in [6, 6.07) is 8.63. The molecule has 0 aliphatic carbocycles. The van der Waals surface area contributed by atoms with Gasteiger partial charge in [-0.3, -0.25) is 4.79 Å². The Morgan fingerprint density at radius 2 is 1.75 bits per heavy atom. The van der Waals surface area contributed by atoms with Crippen LogP contribution in [-0.2, 0) is 16.0 Å². The first-order valence-corrected chi connectivity index (χ1v) is 9.09. The van der Waals surface area contributed by atoms with Crippen molar-refractivity contribution < 1.29 is 9.53 Å². The smallest absolute Gasteiger partial charge is 0.305 e. The van der Waals surface area contributed by atoms with E-state index in [2.05, 4.69) is 48.6 Å². The van der Waals surface area contributed by atoms with Crippen molar-refractivity contribution in [3.8, 4) is 0 Å². The lowest BCUT2D eigenvalue weighted by molar-refractivity contribution is -0.140. The standard InChI is InChI=1S/C13H20O2Si/c1-15-13(14)10-7-11-5-8-12(9-6-11)16(2,3)4/h5-6,8-9H,7,10H2,1-4H3. The van der Waals surface area contributed by atoms with Gasteiger partial charge in [0.05, 0.1) is 15.2 Å². The van der Waals surface area contributed by atoms with Gasteiger partial charge in [0.25, 0.3) is 0 Å². The van der Waals surface area contributed by atoms with Gasteiger partial charge in [0.2, 0.25) is 0 Å². The van der Waals surface area contributed by atoms with Gasteiger partial charge in [-0.25, -0.2) is 0 Å². The third-order valence-corrected chi connectivity index (χ3v) is 4.73. The Labute approximate surface area is 98.6 Å².